The number of rotatable bonds is 6. The summed E-state index contributed by atoms with van der Waals surface area (Å²) in [5.41, 5.74) is 2.26. The molecular formula is C17H25N3. The van der Waals surface area contributed by atoms with Gasteiger partial charge in [-0.25, -0.2) is 4.98 Å². The molecule has 1 N–H and O–H groups in total. The first-order valence-corrected chi connectivity index (χ1v) is 7.38. The predicted octanol–water partition coefficient (Wildman–Crippen LogP) is 3.69. The van der Waals surface area contributed by atoms with E-state index in [1.54, 1.807) is 0 Å². The maximum atomic E-state index is 4.70. The Kier molecular flexibility index (Phi) is 4.96. The van der Waals surface area contributed by atoms with Crippen LogP contribution in [0, 0.1) is 6.92 Å². The summed E-state index contributed by atoms with van der Waals surface area (Å²) in [6, 6.07) is 11.1. The van der Waals surface area contributed by atoms with Crippen molar-refractivity contribution in [2.45, 2.75) is 33.2 Å². The molecule has 0 unspecified atom stereocenters. The highest BCUT2D eigenvalue weighted by Gasteiger charge is 2.04. The maximum absolute atomic E-state index is 4.70. The second-order valence-corrected chi connectivity index (χ2v) is 5.70. The van der Waals surface area contributed by atoms with Gasteiger partial charge in [-0.15, -0.1) is 0 Å². The first-order valence-electron chi connectivity index (χ1n) is 7.38. The fraction of sp³-hybridized carbons (Fsp3) is 0.471. The SMILES string of the molecule is Cc1cc2ccccc2nc1NCCCN(C)C(C)C. The molecule has 0 aliphatic rings. The van der Waals surface area contributed by atoms with Crippen molar-refractivity contribution in [1.29, 1.82) is 0 Å². The predicted molar refractivity (Wildman–Crippen MR) is 87.4 cm³/mol. The van der Waals surface area contributed by atoms with Gasteiger partial charge in [-0.1, -0.05) is 18.2 Å². The molecule has 0 aliphatic heterocycles. The monoisotopic (exact) mass is 271 g/mol. The van der Waals surface area contributed by atoms with E-state index in [1.165, 1.54) is 10.9 Å². The number of nitrogens with zero attached hydrogens (tertiary/aromatic N) is 2. The summed E-state index contributed by atoms with van der Waals surface area (Å²) in [7, 11) is 2.17. The minimum absolute atomic E-state index is 0.607. The lowest BCUT2D eigenvalue weighted by atomic mass is 10.1. The quantitative estimate of drug-likeness (QED) is 0.812. The number of anilines is 1. The van der Waals surface area contributed by atoms with E-state index in [-0.39, 0.29) is 0 Å². The van der Waals surface area contributed by atoms with E-state index in [9.17, 15) is 0 Å². The molecule has 3 heteroatoms. The van der Waals surface area contributed by atoms with Crippen molar-refractivity contribution in [1.82, 2.24) is 9.88 Å². The highest BCUT2D eigenvalue weighted by Crippen LogP contribution is 2.19. The Labute approximate surface area is 122 Å². The van der Waals surface area contributed by atoms with Crippen LogP contribution in [0.1, 0.15) is 25.8 Å². The Morgan fingerprint density at radius 2 is 2.00 bits per heavy atom. The lowest BCUT2D eigenvalue weighted by molar-refractivity contribution is 0.273. The van der Waals surface area contributed by atoms with Crippen LogP contribution in [0.4, 0.5) is 5.82 Å². The third-order valence-corrected chi connectivity index (χ3v) is 3.78. The van der Waals surface area contributed by atoms with E-state index in [0.29, 0.717) is 6.04 Å². The first kappa shape index (κ1) is 14.8. The van der Waals surface area contributed by atoms with Crippen LogP contribution in [0.3, 0.4) is 0 Å². The van der Waals surface area contributed by atoms with Crippen LogP contribution in [0.2, 0.25) is 0 Å². The van der Waals surface area contributed by atoms with Crippen LogP contribution in [0.5, 0.6) is 0 Å². The number of nitrogens with one attached hydrogen (secondary N) is 1. The molecule has 0 spiro atoms. The standard InChI is InChI=1S/C17H25N3/c1-13(2)20(4)11-7-10-18-17-14(3)12-15-8-5-6-9-16(15)19-17/h5-6,8-9,12-13H,7,10-11H2,1-4H3,(H,18,19). The molecular weight excluding hydrogens is 246 g/mol. The average molecular weight is 271 g/mol. The normalized spacial score (nSPS) is 11.5. The van der Waals surface area contributed by atoms with Crippen molar-refractivity contribution in [3.63, 3.8) is 0 Å². The fourth-order valence-corrected chi connectivity index (χ4v) is 2.19. The molecule has 0 saturated heterocycles. The van der Waals surface area contributed by atoms with Crippen molar-refractivity contribution < 1.29 is 0 Å². The number of fused-ring (bicyclic) bond motifs is 1. The van der Waals surface area contributed by atoms with E-state index in [2.05, 4.69) is 62.3 Å². The van der Waals surface area contributed by atoms with Crippen LogP contribution < -0.4 is 5.32 Å². The molecule has 1 aromatic heterocycles. The van der Waals surface area contributed by atoms with Gasteiger partial charge in [0, 0.05) is 18.0 Å². The van der Waals surface area contributed by atoms with Gasteiger partial charge in [0.1, 0.15) is 5.82 Å². The van der Waals surface area contributed by atoms with Gasteiger partial charge in [0.25, 0.3) is 0 Å². The van der Waals surface area contributed by atoms with Crippen LogP contribution in [-0.4, -0.2) is 36.1 Å². The van der Waals surface area contributed by atoms with E-state index >= 15 is 0 Å². The van der Waals surface area contributed by atoms with Crippen molar-refractivity contribution in [2.24, 2.45) is 0 Å². The summed E-state index contributed by atoms with van der Waals surface area (Å²) in [4.78, 5) is 7.07. The van der Waals surface area contributed by atoms with Crippen LogP contribution >= 0.6 is 0 Å². The lowest BCUT2D eigenvalue weighted by Crippen LogP contribution is -2.28. The Morgan fingerprint density at radius 3 is 2.75 bits per heavy atom. The van der Waals surface area contributed by atoms with E-state index in [0.717, 1.165) is 30.8 Å². The Hall–Kier alpha value is -1.61. The third kappa shape index (κ3) is 3.70. The van der Waals surface area contributed by atoms with Gasteiger partial charge in [-0.2, -0.15) is 0 Å². The molecule has 3 nitrogen and oxygen atoms in total. The zero-order valence-electron chi connectivity index (χ0n) is 13.0. The van der Waals surface area contributed by atoms with Crippen molar-refractivity contribution >= 4 is 16.7 Å². The Bertz CT molecular complexity index is 563. The molecule has 2 aromatic rings. The number of para-hydroxylation sites is 1. The molecule has 0 fully saturated rings. The second kappa shape index (κ2) is 6.71. The minimum atomic E-state index is 0.607. The van der Waals surface area contributed by atoms with Gasteiger partial charge in [0.2, 0.25) is 0 Å². The van der Waals surface area contributed by atoms with Gasteiger partial charge in [-0.3, -0.25) is 0 Å². The highest BCUT2D eigenvalue weighted by molar-refractivity contribution is 5.81. The Morgan fingerprint density at radius 1 is 1.25 bits per heavy atom. The molecule has 1 heterocycles. The number of hydrogen-bond donors (Lipinski definition) is 1. The molecule has 20 heavy (non-hydrogen) atoms. The van der Waals surface area contributed by atoms with Gasteiger partial charge < -0.3 is 10.2 Å². The van der Waals surface area contributed by atoms with Gasteiger partial charge >= 0.3 is 0 Å². The summed E-state index contributed by atoms with van der Waals surface area (Å²) >= 11 is 0. The van der Waals surface area contributed by atoms with Gasteiger partial charge in [0.15, 0.2) is 0 Å². The number of aromatic nitrogens is 1. The second-order valence-electron chi connectivity index (χ2n) is 5.70. The first-order chi connectivity index (χ1) is 9.58. The van der Waals surface area contributed by atoms with E-state index in [4.69, 9.17) is 4.98 Å². The molecule has 0 amide bonds. The summed E-state index contributed by atoms with van der Waals surface area (Å²) in [5.74, 6) is 1.01. The molecule has 0 atom stereocenters. The summed E-state index contributed by atoms with van der Waals surface area (Å²) in [6.45, 7) is 8.63. The van der Waals surface area contributed by atoms with Gasteiger partial charge in [-0.05, 0) is 58.5 Å². The number of hydrogen-bond acceptors (Lipinski definition) is 3. The Balaban J connectivity index is 1.94. The summed E-state index contributed by atoms with van der Waals surface area (Å²) in [6.07, 6.45) is 1.13. The minimum Gasteiger partial charge on any atom is -0.370 e. The molecule has 0 radical (unpaired) electrons. The van der Waals surface area contributed by atoms with Crippen LogP contribution in [-0.2, 0) is 0 Å². The largest absolute Gasteiger partial charge is 0.370 e. The molecule has 2 rings (SSSR count). The van der Waals surface area contributed by atoms with Crippen molar-refractivity contribution in [3.05, 3.63) is 35.9 Å². The molecule has 1 aromatic carbocycles. The number of aryl methyl sites for hydroxylation is 1. The topological polar surface area (TPSA) is 28.2 Å². The smallest absolute Gasteiger partial charge is 0.129 e. The zero-order chi connectivity index (χ0) is 14.5. The van der Waals surface area contributed by atoms with Crippen molar-refractivity contribution in [3.8, 4) is 0 Å². The number of benzene rings is 1. The molecule has 0 aliphatic carbocycles. The fourth-order valence-electron chi connectivity index (χ4n) is 2.19. The lowest BCUT2D eigenvalue weighted by Gasteiger charge is -2.21. The van der Waals surface area contributed by atoms with Crippen molar-refractivity contribution in [2.75, 3.05) is 25.5 Å². The molecule has 108 valence electrons. The number of pyridine rings is 1. The molecule has 0 saturated carbocycles. The maximum Gasteiger partial charge on any atom is 0.129 e. The molecule has 0 bridgehead atoms. The van der Waals surface area contributed by atoms with E-state index in [1.807, 2.05) is 6.07 Å². The third-order valence-electron chi connectivity index (χ3n) is 3.78. The van der Waals surface area contributed by atoms with Gasteiger partial charge in [0.05, 0.1) is 5.52 Å². The summed E-state index contributed by atoms with van der Waals surface area (Å²) < 4.78 is 0. The van der Waals surface area contributed by atoms with Crippen LogP contribution in [0.25, 0.3) is 10.9 Å². The summed E-state index contributed by atoms with van der Waals surface area (Å²) in [5, 5.41) is 4.67. The zero-order valence-corrected chi connectivity index (χ0v) is 13.0. The van der Waals surface area contributed by atoms with E-state index < -0.39 is 0 Å². The average Bonchev–Trinajstić information content (AvgIpc) is 2.43. The highest BCUT2D eigenvalue weighted by atomic mass is 15.1. The van der Waals surface area contributed by atoms with Crippen LogP contribution in [0.15, 0.2) is 30.3 Å².